The van der Waals surface area contributed by atoms with Crippen LogP contribution < -0.4 is 10.1 Å². The third kappa shape index (κ3) is 6.49. The number of carbonyl (C=O) groups is 2. The highest BCUT2D eigenvalue weighted by Gasteiger charge is 2.17. The van der Waals surface area contributed by atoms with Gasteiger partial charge < -0.3 is 15.0 Å². The van der Waals surface area contributed by atoms with Crippen LogP contribution in [0.3, 0.4) is 0 Å². The molecule has 0 saturated heterocycles. The quantitative estimate of drug-likeness (QED) is 0.387. The monoisotopic (exact) mass is 497 g/mol. The summed E-state index contributed by atoms with van der Waals surface area (Å²) in [6.07, 6.45) is 3.82. The number of fused-ring (bicyclic) bond motifs is 1. The van der Waals surface area contributed by atoms with Crippen LogP contribution in [0.2, 0.25) is 10.0 Å². The van der Waals surface area contributed by atoms with Crippen molar-refractivity contribution < 1.29 is 14.3 Å². The van der Waals surface area contributed by atoms with E-state index in [2.05, 4.69) is 10.3 Å². The number of halogens is 2. The smallest absolute Gasteiger partial charge is 0.224 e. The van der Waals surface area contributed by atoms with Gasteiger partial charge in [0.1, 0.15) is 5.75 Å². The summed E-state index contributed by atoms with van der Waals surface area (Å²) in [6, 6.07) is 16.7. The second kappa shape index (κ2) is 11.4. The van der Waals surface area contributed by atoms with Crippen LogP contribution in [0, 0.1) is 0 Å². The van der Waals surface area contributed by atoms with Gasteiger partial charge in [0.25, 0.3) is 0 Å². The van der Waals surface area contributed by atoms with Gasteiger partial charge in [-0.2, -0.15) is 0 Å². The van der Waals surface area contributed by atoms with E-state index in [0.717, 1.165) is 28.3 Å². The molecule has 0 radical (unpaired) electrons. The van der Waals surface area contributed by atoms with Gasteiger partial charge in [0.2, 0.25) is 11.8 Å². The van der Waals surface area contributed by atoms with E-state index in [9.17, 15) is 9.59 Å². The Bertz CT molecular complexity index is 1170. The number of benzene rings is 2. The summed E-state index contributed by atoms with van der Waals surface area (Å²) in [4.78, 5) is 30.7. The maximum atomic E-state index is 13.1. The maximum Gasteiger partial charge on any atom is 0.224 e. The molecule has 4 rings (SSSR count). The van der Waals surface area contributed by atoms with Crippen LogP contribution in [0.15, 0.2) is 60.8 Å². The highest BCUT2D eigenvalue weighted by molar-refractivity contribution is 6.42. The standard InChI is InChI=1S/C26H25Cl2N3O3/c27-22-9-6-18(14-23(22)28)16-31(17-20-4-1-2-12-29-20)26(33)5-3-13-34-21-8-10-24-19(15-21)7-11-25(32)30-24/h1-2,4,6,8-10,12,14-15H,3,5,7,11,13,16-17H2,(H,30,32). The topological polar surface area (TPSA) is 71.5 Å². The number of aryl methyl sites for hydroxylation is 1. The molecule has 2 heterocycles. The highest BCUT2D eigenvalue weighted by atomic mass is 35.5. The number of nitrogens with zero attached hydrogens (tertiary/aromatic N) is 2. The van der Waals surface area contributed by atoms with E-state index in [1.54, 1.807) is 23.2 Å². The number of hydrogen-bond donors (Lipinski definition) is 1. The molecular weight excluding hydrogens is 473 g/mol. The molecule has 0 bridgehead atoms. The SMILES string of the molecule is O=C1CCc2cc(OCCCC(=O)N(Cc3ccc(Cl)c(Cl)c3)Cc3ccccn3)ccc2N1. The zero-order valence-corrected chi connectivity index (χ0v) is 20.1. The lowest BCUT2D eigenvalue weighted by atomic mass is 10.0. The fraction of sp³-hybridized carbons (Fsp3) is 0.269. The second-order valence-corrected chi connectivity index (χ2v) is 8.95. The fourth-order valence-electron chi connectivity index (χ4n) is 3.80. The number of amides is 2. The molecule has 0 atom stereocenters. The van der Waals surface area contributed by atoms with Gasteiger partial charge in [0.05, 0.1) is 28.9 Å². The molecule has 0 saturated carbocycles. The van der Waals surface area contributed by atoms with Crippen molar-refractivity contribution in [1.82, 2.24) is 9.88 Å². The van der Waals surface area contributed by atoms with Crippen molar-refractivity contribution in [3.8, 4) is 5.75 Å². The zero-order valence-electron chi connectivity index (χ0n) is 18.6. The summed E-state index contributed by atoms with van der Waals surface area (Å²) >= 11 is 12.2. The molecule has 0 unspecified atom stereocenters. The molecule has 1 aromatic heterocycles. The summed E-state index contributed by atoms with van der Waals surface area (Å²) in [6.45, 7) is 1.22. The maximum absolute atomic E-state index is 13.1. The van der Waals surface area contributed by atoms with E-state index in [-0.39, 0.29) is 11.8 Å². The zero-order chi connectivity index (χ0) is 23.9. The van der Waals surface area contributed by atoms with Crippen LogP contribution in [0.1, 0.15) is 36.1 Å². The van der Waals surface area contributed by atoms with Gasteiger partial charge in [-0.25, -0.2) is 0 Å². The van der Waals surface area contributed by atoms with E-state index < -0.39 is 0 Å². The van der Waals surface area contributed by atoms with Crippen molar-refractivity contribution in [3.05, 3.63) is 87.7 Å². The molecule has 0 fully saturated rings. The minimum Gasteiger partial charge on any atom is -0.494 e. The third-order valence-corrected chi connectivity index (χ3v) is 6.30. The molecule has 3 aromatic rings. The molecule has 1 aliphatic rings. The lowest BCUT2D eigenvalue weighted by Crippen LogP contribution is -2.30. The summed E-state index contributed by atoms with van der Waals surface area (Å²) < 4.78 is 5.87. The Balaban J connectivity index is 1.34. The number of nitrogens with one attached hydrogen (secondary N) is 1. The number of ether oxygens (including phenoxy) is 1. The van der Waals surface area contributed by atoms with E-state index in [1.165, 1.54) is 0 Å². The van der Waals surface area contributed by atoms with E-state index in [4.69, 9.17) is 27.9 Å². The fourth-order valence-corrected chi connectivity index (χ4v) is 4.12. The predicted molar refractivity (Wildman–Crippen MR) is 133 cm³/mol. The highest BCUT2D eigenvalue weighted by Crippen LogP contribution is 2.27. The van der Waals surface area contributed by atoms with Gasteiger partial charge in [0, 0.05) is 31.3 Å². The van der Waals surface area contributed by atoms with Crippen LogP contribution in [0.25, 0.3) is 0 Å². The normalized spacial score (nSPS) is 12.6. The first-order chi connectivity index (χ1) is 16.5. The van der Waals surface area contributed by atoms with Crippen LogP contribution in [0.4, 0.5) is 5.69 Å². The first-order valence-corrected chi connectivity index (χ1v) is 11.9. The third-order valence-electron chi connectivity index (χ3n) is 5.57. The largest absolute Gasteiger partial charge is 0.494 e. The second-order valence-electron chi connectivity index (χ2n) is 8.14. The van der Waals surface area contributed by atoms with Crippen LogP contribution >= 0.6 is 23.2 Å². The minimum atomic E-state index is 0.00785. The molecule has 0 aliphatic carbocycles. The van der Waals surface area contributed by atoms with Crippen molar-refractivity contribution in [2.75, 3.05) is 11.9 Å². The molecule has 2 amide bonds. The number of rotatable bonds is 9. The first-order valence-electron chi connectivity index (χ1n) is 11.1. The van der Waals surface area contributed by atoms with Crippen LogP contribution in [0.5, 0.6) is 5.75 Å². The molecule has 1 aliphatic heterocycles. The summed E-state index contributed by atoms with van der Waals surface area (Å²) in [7, 11) is 0. The van der Waals surface area contributed by atoms with Crippen molar-refractivity contribution >= 4 is 40.7 Å². The lowest BCUT2D eigenvalue weighted by Gasteiger charge is -2.23. The Labute approximate surface area is 208 Å². The Morgan fingerprint density at radius 2 is 1.91 bits per heavy atom. The van der Waals surface area contributed by atoms with Gasteiger partial charge in [-0.3, -0.25) is 14.6 Å². The molecule has 34 heavy (non-hydrogen) atoms. The Morgan fingerprint density at radius 1 is 1.03 bits per heavy atom. The molecular formula is C26H25Cl2N3O3. The number of pyridine rings is 1. The van der Waals surface area contributed by atoms with E-state index >= 15 is 0 Å². The van der Waals surface area contributed by atoms with Crippen LogP contribution in [-0.2, 0) is 29.1 Å². The van der Waals surface area contributed by atoms with Crippen molar-refractivity contribution in [2.24, 2.45) is 0 Å². The molecule has 6 nitrogen and oxygen atoms in total. The average molecular weight is 498 g/mol. The van der Waals surface area contributed by atoms with Gasteiger partial charge in [-0.15, -0.1) is 0 Å². The molecule has 2 aromatic carbocycles. The molecule has 0 spiro atoms. The Hall–Kier alpha value is -3.09. The number of anilines is 1. The van der Waals surface area contributed by atoms with Gasteiger partial charge in [0.15, 0.2) is 0 Å². The Morgan fingerprint density at radius 3 is 2.71 bits per heavy atom. The van der Waals surface area contributed by atoms with Gasteiger partial charge in [-0.05, 0) is 66.4 Å². The van der Waals surface area contributed by atoms with Crippen molar-refractivity contribution in [3.63, 3.8) is 0 Å². The van der Waals surface area contributed by atoms with Crippen molar-refractivity contribution in [1.29, 1.82) is 0 Å². The van der Waals surface area contributed by atoms with E-state index in [0.29, 0.717) is 55.4 Å². The summed E-state index contributed by atoms with van der Waals surface area (Å²) in [5.74, 6) is 0.785. The average Bonchev–Trinajstić information content (AvgIpc) is 2.84. The predicted octanol–water partition coefficient (Wildman–Crippen LogP) is 5.66. The number of carbonyl (C=O) groups excluding carboxylic acids is 2. The van der Waals surface area contributed by atoms with Crippen LogP contribution in [-0.4, -0.2) is 28.3 Å². The molecule has 176 valence electrons. The van der Waals surface area contributed by atoms with E-state index in [1.807, 2.05) is 42.5 Å². The number of hydrogen-bond acceptors (Lipinski definition) is 4. The Kier molecular flexibility index (Phi) is 8.03. The van der Waals surface area contributed by atoms with Crippen molar-refractivity contribution in [2.45, 2.75) is 38.8 Å². The first kappa shape index (κ1) is 24.0. The molecule has 8 heteroatoms. The van der Waals surface area contributed by atoms with Gasteiger partial charge >= 0.3 is 0 Å². The summed E-state index contributed by atoms with van der Waals surface area (Å²) in [5.41, 5.74) is 3.62. The lowest BCUT2D eigenvalue weighted by molar-refractivity contribution is -0.132. The minimum absolute atomic E-state index is 0.00785. The summed E-state index contributed by atoms with van der Waals surface area (Å²) in [5, 5.41) is 3.80. The van der Waals surface area contributed by atoms with Gasteiger partial charge in [-0.1, -0.05) is 35.3 Å². The molecule has 1 N–H and O–H groups in total. The number of aromatic nitrogens is 1.